The second-order valence-electron chi connectivity index (χ2n) is 11.5. The Morgan fingerprint density at radius 1 is 0.919 bits per heavy atom. The van der Waals surface area contributed by atoms with Crippen LogP contribution in [0, 0.1) is 11.8 Å². The lowest BCUT2D eigenvalue weighted by molar-refractivity contribution is 0.211. The third-order valence-corrected chi connectivity index (χ3v) is 7.12. The molecule has 1 saturated heterocycles. The number of hydrogen-bond donors (Lipinski definition) is 1. The molecule has 0 radical (unpaired) electrons. The third kappa shape index (κ3) is 7.96. The molecule has 202 valence electrons. The van der Waals surface area contributed by atoms with Crippen LogP contribution in [0.5, 0.6) is 5.75 Å². The number of nitrogens with one attached hydrogen (secondary N) is 1. The SMILES string of the molecule is COc1ccc(Nc2nc3ccc(CN(CC(C)C)CC(C)C)cc3n2CCCN2CCCCC2)cc1. The zero-order valence-electron chi connectivity index (χ0n) is 23.7. The number of fused-ring (bicyclic) bond motifs is 1. The van der Waals surface area contributed by atoms with E-state index in [0.717, 1.165) is 62.0 Å². The van der Waals surface area contributed by atoms with Gasteiger partial charge in [0.05, 0.1) is 18.1 Å². The van der Waals surface area contributed by atoms with E-state index in [2.05, 4.69) is 77.7 Å². The van der Waals surface area contributed by atoms with Gasteiger partial charge in [-0.2, -0.15) is 0 Å². The lowest BCUT2D eigenvalue weighted by Gasteiger charge is -2.26. The summed E-state index contributed by atoms with van der Waals surface area (Å²) < 4.78 is 7.73. The highest BCUT2D eigenvalue weighted by molar-refractivity contribution is 5.80. The van der Waals surface area contributed by atoms with Crippen LogP contribution in [0.25, 0.3) is 11.0 Å². The van der Waals surface area contributed by atoms with E-state index < -0.39 is 0 Å². The standard InChI is InChI=1S/C31H47N5O/c1-24(2)21-35(22-25(3)4)23-26-10-15-29-30(20-26)36(19-9-18-34-16-7-6-8-17-34)31(33-29)32-27-11-13-28(37-5)14-12-27/h10-15,20,24-25H,6-9,16-19,21-23H2,1-5H3,(H,32,33). The van der Waals surface area contributed by atoms with Crippen molar-refractivity contribution in [3.05, 3.63) is 48.0 Å². The molecule has 4 rings (SSSR count). The zero-order valence-corrected chi connectivity index (χ0v) is 23.7. The first-order valence-electron chi connectivity index (χ1n) is 14.3. The Labute approximate surface area is 224 Å². The molecule has 2 aromatic carbocycles. The Morgan fingerprint density at radius 3 is 2.27 bits per heavy atom. The van der Waals surface area contributed by atoms with Gasteiger partial charge < -0.3 is 19.5 Å². The van der Waals surface area contributed by atoms with Gasteiger partial charge in [0, 0.05) is 31.9 Å². The summed E-state index contributed by atoms with van der Waals surface area (Å²) in [6.45, 7) is 17.1. The monoisotopic (exact) mass is 505 g/mol. The fourth-order valence-corrected chi connectivity index (χ4v) is 5.52. The minimum atomic E-state index is 0.656. The molecule has 6 heteroatoms. The van der Waals surface area contributed by atoms with Gasteiger partial charge in [-0.15, -0.1) is 0 Å². The lowest BCUT2D eigenvalue weighted by Crippen LogP contribution is -2.31. The summed E-state index contributed by atoms with van der Waals surface area (Å²) in [4.78, 5) is 10.3. The van der Waals surface area contributed by atoms with E-state index in [1.807, 2.05) is 12.1 Å². The predicted octanol–water partition coefficient (Wildman–Crippen LogP) is 6.78. The van der Waals surface area contributed by atoms with Crippen molar-refractivity contribution in [3.63, 3.8) is 0 Å². The zero-order chi connectivity index (χ0) is 26.2. The third-order valence-electron chi connectivity index (χ3n) is 7.12. The van der Waals surface area contributed by atoms with Crippen LogP contribution in [0.4, 0.5) is 11.6 Å². The Morgan fingerprint density at radius 2 is 1.62 bits per heavy atom. The molecule has 0 bridgehead atoms. The molecule has 0 atom stereocenters. The minimum absolute atomic E-state index is 0.656. The van der Waals surface area contributed by atoms with Crippen LogP contribution in [0.3, 0.4) is 0 Å². The first-order valence-corrected chi connectivity index (χ1v) is 14.3. The summed E-state index contributed by atoms with van der Waals surface area (Å²) in [5.41, 5.74) is 4.66. The van der Waals surface area contributed by atoms with Gasteiger partial charge in [0.15, 0.2) is 0 Å². The second-order valence-corrected chi connectivity index (χ2v) is 11.5. The predicted molar refractivity (Wildman–Crippen MR) is 156 cm³/mol. The fraction of sp³-hybridized carbons (Fsp3) is 0.581. The molecule has 2 heterocycles. The molecule has 0 spiro atoms. The lowest BCUT2D eigenvalue weighted by atomic mass is 10.1. The van der Waals surface area contributed by atoms with E-state index in [9.17, 15) is 0 Å². The molecular formula is C31H47N5O. The second kappa shape index (κ2) is 13.3. The van der Waals surface area contributed by atoms with Gasteiger partial charge in [-0.1, -0.05) is 40.2 Å². The molecule has 1 aromatic heterocycles. The van der Waals surface area contributed by atoms with Crippen molar-refractivity contribution in [3.8, 4) is 5.75 Å². The van der Waals surface area contributed by atoms with Gasteiger partial charge in [0.2, 0.25) is 5.95 Å². The highest BCUT2D eigenvalue weighted by atomic mass is 16.5. The maximum atomic E-state index is 5.34. The summed E-state index contributed by atoms with van der Waals surface area (Å²) in [5.74, 6) is 3.08. The van der Waals surface area contributed by atoms with E-state index in [0.29, 0.717) is 11.8 Å². The van der Waals surface area contributed by atoms with Gasteiger partial charge in [0.25, 0.3) is 0 Å². The smallest absolute Gasteiger partial charge is 0.208 e. The number of imidazole rings is 1. The number of ether oxygens (including phenoxy) is 1. The van der Waals surface area contributed by atoms with E-state index in [1.165, 1.54) is 43.4 Å². The van der Waals surface area contributed by atoms with Crippen molar-refractivity contribution in [1.82, 2.24) is 19.4 Å². The first kappa shape index (κ1) is 27.5. The number of aryl methyl sites for hydroxylation is 1. The molecule has 6 nitrogen and oxygen atoms in total. The summed E-state index contributed by atoms with van der Waals surface area (Å²) in [6, 6.07) is 14.9. The van der Waals surface area contributed by atoms with Crippen LogP contribution in [0.1, 0.15) is 58.9 Å². The van der Waals surface area contributed by atoms with E-state index in [-0.39, 0.29) is 0 Å². The number of nitrogens with zero attached hydrogens (tertiary/aromatic N) is 4. The van der Waals surface area contributed by atoms with Crippen LogP contribution in [0.15, 0.2) is 42.5 Å². The van der Waals surface area contributed by atoms with E-state index in [4.69, 9.17) is 9.72 Å². The number of rotatable bonds is 13. The van der Waals surface area contributed by atoms with Crippen molar-refractivity contribution in [2.75, 3.05) is 45.2 Å². The van der Waals surface area contributed by atoms with E-state index in [1.54, 1.807) is 7.11 Å². The maximum Gasteiger partial charge on any atom is 0.208 e. The number of piperidine rings is 1. The Hall–Kier alpha value is -2.57. The Balaban J connectivity index is 1.58. The maximum absolute atomic E-state index is 5.34. The van der Waals surface area contributed by atoms with Crippen LogP contribution in [0.2, 0.25) is 0 Å². The van der Waals surface area contributed by atoms with Gasteiger partial charge >= 0.3 is 0 Å². The largest absolute Gasteiger partial charge is 0.497 e. The van der Waals surface area contributed by atoms with Crippen LogP contribution < -0.4 is 10.1 Å². The number of hydrogen-bond acceptors (Lipinski definition) is 5. The molecule has 0 saturated carbocycles. The van der Waals surface area contributed by atoms with Crippen molar-refractivity contribution >= 4 is 22.7 Å². The number of anilines is 2. The average Bonchev–Trinajstić information content (AvgIpc) is 3.20. The van der Waals surface area contributed by atoms with Gasteiger partial charge in [0.1, 0.15) is 5.75 Å². The first-order chi connectivity index (χ1) is 17.9. The number of methoxy groups -OCH3 is 1. The van der Waals surface area contributed by atoms with Crippen molar-refractivity contribution < 1.29 is 4.74 Å². The van der Waals surface area contributed by atoms with Crippen molar-refractivity contribution in [2.24, 2.45) is 11.8 Å². The molecule has 1 aliphatic heterocycles. The highest BCUT2D eigenvalue weighted by Crippen LogP contribution is 2.26. The Bertz CT molecular complexity index is 1090. The molecule has 0 aliphatic carbocycles. The molecule has 1 N–H and O–H groups in total. The molecule has 1 fully saturated rings. The molecule has 0 unspecified atom stereocenters. The fourth-order valence-electron chi connectivity index (χ4n) is 5.52. The van der Waals surface area contributed by atoms with Crippen LogP contribution >= 0.6 is 0 Å². The summed E-state index contributed by atoms with van der Waals surface area (Å²) in [6.07, 6.45) is 5.18. The molecule has 1 aliphatic rings. The molecule has 37 heavy (non-hydrogen) atoms. The summed E-state index contributed by atoms with van der Waals surface area (Å²) >= 11 is 0. The normalized spacial score (nSPS) is 14.8. The van der Waals surface area contributed by atoms with Crippen molar-refractivity contribution in [1.29, 1.82) is 0 Å². The molecular weight excluding hydrogens is 458 g/mol. The molecule has 3 aromatic rings. The highest BCUT2D eigenvalue weighted by Gasteiger charge is 2.16. The Kier molecular flexibility index (Phi) is 9.87. The van der Waals surface area contributed by atoms with Crippen LogP contribution in [-0.4, -0.2) is 59.2 Å². The summed E-state index contributed by atoms with van der Waals surface area (Å²) in [5, 5.41) is 3.59. The van der Waals surface area contributed by atoms with Gasteiger partial charge in [-0.25, -0.2) is 4.98 Å². The number of aromatic nitrogens is 2. The minimum Gasteiger partial charge on any atom is -0.497 e. The summed E-state index contributed by atoms with van der Waals surface area (Å²) in [7, 11) is 1.70. The van der Waals surface area contributed by atoms with Gasteiger partial charge in [-0.3, -0.25) is 4.90 Å². The average molecular weight is 506 g/mol. The van der Waals surface area contributed by atoms with Gasteiger partial charge in [-0.05, 0) is 92.7 Å². The quantitative estimate of drug-likeness (QED) is 0.277. The number of likely N-dealkylation sites (tertiary alicyclic amines) is 1. The topological polar surface area (TPSA) is 45.6 Å². The molecule has 0 amide bonds. The van der Waals surface area contributed by atoms with Crippen molar-refractivity contribution in [2.45, 2.75) is 66.5 Å². The number of benzene rings is 2. The van der Waals surface area contributed by atoms with Crippen LogP contribution in [-0.2, 0) is 13.1 Å². The van der Waals surface area contributed by atoms with E-state index >= 15 is 0 Å².